The molecular formula is C16H15Cl2NO2. The lowest BCUT2D eigenvalue weighted by molar-refractivity contribution is 0.297. The molecule has 0 spiro atoms. The highest BCUT2D eigenvalue weighted by Crippen LogP contribution is 2.38. The molecule has 0 saturated heterocycles. The Morgan fingerprint density at radius 3 is 2.43 bits per heavy atom. The van der Waals surface area contributed by atoms with Gasteiger partial charge in [-0.05, 0) is 29.3 Å². The minimum absolute atomic E-state index is 0.367. The molecule has 3 rings (SSSR count). The van der Waals surface area contributed by atoms with Gasteiger partial charge in [0.15, 0.2) is 11.5 Å². The summed E-state index contributed by atoms with van der Waals surface area (Å²) in [5.41, 5.74) is 8.02. The van der Waals surface area contributed by atoms with Crippen molar-refractivity contribution in [1.82, 2.24) is 0 Å². The topological polar surface area (TPSA) is 44.5 Å². The summed E-state index contributed by atoms with van der Waals surface area (Å²) in [6.45, 7) is 1.25. The van der Waals surface area contributed by atoms with Crippen LogP contribution in [0.15, 0.2) is 36.4 Å². The van der Waals surface area contributed by atoms with Crippen molar-refractivity contribution in [2.24, 2.45) is 5.73 Å². The summed E-state index contributed by atoms with van der Waals surface area (Å²) in [6, 6.07) is 10.7. The van der Waals surface area contributed by atoms with Crippen LogP contribution in [0.4, 0.5) is 0 Å². The third-order valence-corrected chi connectivity index (χ3v) is 3.97. The van der Waals surface area contributed by atoms with Gasteiger partial charge < -0.3 is 15.2 Å². The molecule has 2 N–H and O–H groups in total. The Balaban J connectivity index is 2.00. The lowest BCUT2D eigenvalue weighted by Gasteiger charge is -2.17. The second-order valence-electron chi connectivity index (χ2n) is 4.90. The Morgan fingerprint density at radius 2 is 1.71 bits per heavy atom. The second-order valence-corrected chi connectivity index (χ2v) is 5.75. The van der Waals surface area contributed by atoms with Gasteiger partial charge >= 0.3 is 0 Å². The van der Waals surface area contributed by atoms with Gasteiger partial charge in [-0.15, -0.1) is 0 Å². The number of nitrogens with two attached hydrogens (primary N) is 1. The van der Waals surface area contributed by atoms with E-state index in [1.54, 1.807) is 6.07 Å². The summed E-state index contributed by atoms with van der Waals surface area (Å²) >= 11 is 12.4. The molecule has 1 heterocycles. The molecule has 0 bridgehead atoms. The van der Waals surface area contributed by atoms with E-state index in [9.17, 15) is 0 Å². The highest BCUT2D eigenvalue weighted by molar-refractivity contribution is 6.31. The third-order valence-electron chi connectivity index (χ3n) is 3.41. The van der Waals surface area contributed by atoms with E-state index in [4.69, 9.17) is 38.4 Å². The molecule has 0 aromatic heterocycles. The molecule has 2 aromatic carbocycles. The van der Waals surface area contributed by atoms with Crippen LogP contribution in [0.25, 0.3) is 0 Å². The summed E-state index contributed by atoms with van der Waals surface area (Å²) in [5, 5.41) is 1.21. The Hall–Kier alpha value is -1.42. The maximum absolute atomic E-state index is 6.35. The van der Waals surface area contributed by atoms with Gasteiger partial charge in [0.1, 0.15) is 0 Å². The number of hydrogen-bond donors (Lipinski definition) is 1. The smallest absolute Gasteiger partial charge is 0.162 e. The quantitative estimate of drug-likeness (QED) is 0.900. The van der Waals surface area contributed by atoms with Gasteiger partial charge in [0.25, 0.3) is 0 Å². The zero-order valence-corrected chi connectivity index (χ0v) is 12.8. The van der Waals surface area contributed by atoms with E-state index in [0.29, 0.717) is 34.8 Å². The predicted molar refractivity (Wildman–Crippen MR) is 84.5 cm³/mol. The van der Waals surface area contributed by atoms with Crippen LogP contribution in [0.5, 0.6) is 11.5 Å². The Bertz CT molecular complexity index is 661. The monoisotopic (exact) mass is 323 g/mol. The van der Waals surface area contributed by atoms with Gasteiger partial charge in [-0.3, -0.25) is 0 Å². The Kier molecular flexibility index (Phi) is 4.24. The summed E-state index contributed by atoms with van der Waals surface area (Å²) < 4.78 is 11.3. The van der Waals surface area contributed by atoms with Crippen molar-refractivity contribution in [2.45, 2.75) is 12.5 Å². The van der Waals surface area contributed by atoms with Gasteiger partial charge in [0, 0.05) is 22.5 Å². The Morgan fingerprint density at radius 1 is 1.00 bits per heavy atom. The minimum atomic E-state index is -0.367. The maximum atomic E-state index is 6.35. The molecule has 21 heavy (non-hydrogen) atoms. The van der Waals surface area contributed by atoms with E-state index in [0.717, 1.165) is 17.5 Å². The van der Waals surface area contributed by atoms with Crippen molar-refractivity contribution in [2.75, 3.05) is 13.2 Å². The maximum Gasteiger partial charge on any atom is 0.162 e. The van der Waals surface area contributed by atoms with Crippen molar-refractivity contribution >= 4 is 23.2 Å². The van der Waals surface area contributed by atoms with Crippen LogP contribution in [0.1, 0.15) is 23.6 Å². The molecule has 1 aliphatic rings. The number of benzene rings is 2. The van der Waals surface area contributed by atoms with Gasteiger partial charge in [-0.25, -0.2) is 0 Å². The summed E-state index contributed by atoms with van der Waals surface area (Å²) in [7, 11) is 0. The zero-order valence-electron chi connectivity index (χ0n) is 11.3. The van der Waals surface area contributed by atoms with Crippen LogP contribution in [0.2, 0.25) is 10.0 Å². The van der Waals surface area contributed by atoms with E-state index in [1.807, 2.05) is 30.3 Å². The SMILES string of the molecule is NC(c1cccc(Cl)c1)c1cc2c(cc1Cl)OCCCO2. The molecule has 2 aromatic rings. The molecule has 0 radical (unpaired) electrons. The molecule has 0 amide bonds. The first kappa shape index (κ1) is 14.5. The number of halogens is 2. The lowest BCUT2D eigenvalue weighted by atomic mass is 9.99. The molecular weight excluding hydrogens is 309 g/mol. The van der Waals surface area contributed by atoms with Gasteiger partial charge in [0.2, 0.25) is 0 Å². The molecule has 110 valence electrons. The van der Waals surface area contributed by atoms with Crippen molar-refractivity contribution in [1.29, 1.82) is 0 Å². The van der Waals surface area contributed by atoms with E-state index in [-0.39, 0.29) is 6.04 Å². The molecule has 3 nitrogen and oxygen atoms in total. The molecule has 0 aliphatic carbocycles. The fourth-order valence-electron chi connectivity index (χ4n) is 2.32. The molecule has 1 unspecified atom stereocenters. The largest absolute Gasteiger partial charge is 0.490 e. The molecule has 5 heteroatoms. The minimum Gasteiger partial charge on any atom is -0.490 e. The average Bonchev–Trinajstić information content (AvgIpc) is 2.70. The molecule has 0 fully saturated rings. The Labute approximate surface area is 133 Å². The van der Waals surface area contributed by atoms with Gasteiger partial charge in [-0.1, -0.05) is 35.3 Å². The lowest BCUT2D eigenvalue weighted by Crippen LogP contribution is -2.12. The van der Waals surface area contributed by atoms with Crippen LogP contribution in [0, 0.1) is 0 Å². The molecule has 1 atom stereocenters. The van der Waals surface area contributed by atoms with Crippen molar-refractivity contribution in [3.05, 3.63) is 57.6 Å². The number of rotatable bonds is 2. The van der Waals surface area contributed by atoms with Crippen molar-refractivity contribution < 1.29 is 9.47 Å². The van der Waals surface area contributed by atoms with Gasteiger partial charge in [-0.2, -0.15) is 0 Å². The van der Waals surface area contributed by atoms with Gasteiger partial charge in [0.05, 0.1) is 19.3 Å². The summed E-state index contributed by atoms with van der Waals surface area (Å²) in [6.07, 6.45) is 0.849. The summed E-state index contributed by atoms with van der Waals surface area (Å²) in [5.74, 6) is 1.35. The zero-order chi connectivity index (χ0) is 14.8. The predicted octanol–water partition coefficient (Wildman–Crippen LogP) is 4.20. The van der Waals surface area contributed by atoms with E-state index in [1.165, 1.54) is 0 Å². The normalized spacial score (nSPS) is 15.4. The van der Waals surface area contributed by atoms with Crippen molar-refractivity contribution in [3.8, 4) is 11.5 Å². The fraction of sp³-hybridized carbons (Fsp3) is 0.250. The second kappa shape index (κ2) is 6.14. The van der Waals surface area contributed by atoms with E-state index in [2.05, 4.69) is 0 Å². The standard InChI is InChI=1S/C16H15Cl2NO2/c17-11-4-1-3-10(7-11)16(19)12-8-14-15(9-13(12)18)21-6-2-5-20-14/h1,3-4,7-9,16H,2,5-6,19H2. The highest BCUT2D eigenvalue weighted by Gasteiger charge is 2.19. The number of fused-ring (bicyclic) bond motifs is 1. The first-order valence-electron chi connectivity index (χ1n) is 6.75. The van der Waals surface area contributed by atoms with Crippen LogP contribution in [-0.4, -0.2) is 13.2 Å². The average molecular weight is 324 g/mol. The number of hydrogen-bond acceptors (Lipinski definition) is 3. The number of ether oxygens (including phenoxy) is 2. The van der Waals surface area contributed by atoms with E-state index < -0.39 is 0 Å². The summed E-state index contributed by atoms with van der Waals surface area (Å²) in [4.78, 5) is 0. The van der Waals surface area contributed by atoms with Crippen LogP contribution < -0.4 is 15.2 Å². The first-order chi connectivity index (χ1) is 10.1. The highest BCUT2D eigenvalue weighted by atomic mass is 35.5. The van der Waals surface area contributed by atoms with Crippen LogP contribution in [-0.2, 0) is 0 Å². The van der Waals surface area contributed by atoms with E-state index >= 15 is 0 Å². The molecule has 1 aliphatic heterocycles. The van der Waals surface area contributed by atoms with Crippen LogP contribution >= 0.6 is 23.2 Å². The molecule has 0 saturated carbocycles. The van der Waals surface area contributed by atoms with Crippen LogP contribution in [0.3, 0.4) is 0 Å². The third kappa shape index (κ3) is 3.10. The van der Waals surface area contributed by atoms with Crippen molar-refractivity contribution in [3.63, 3.8) is 0 Å². The first-order valence-corrected chi connectivity index (χ1v) is 7.51. The fourth-order valence-corrected chi connectivity index (χ4v) is 2.79.